The number of nitrogen functional groups attached to an aromatic ring is 1. The Kier molecular flexibility index (Phi) is 2.94. The van der Waals surface area contributed by atoms with E-state index in [1.807, 2.05) is 0 Å². The first kappa shape index (κ1) is 9.35. The van der Waals surface area contributed by atoms with Crippen LogP contribution >= 0.6 is 15.9 Å². The van der Waals surface area contributed by atoms with Crippen LogP contribution in [0.15, 0.2) is 16.6 Å². The van der Waals surface area contributed by atoms with Crippen LogP contribution in [0.4, 0.5) is 5.69 Å². The Balaban J connectivity index is 3.24. The molecule has 1 rings (SSSR count). The first-order chi connectivity index (χ1) is 5.70. The molecule has 0 radical (unpaired) electrons. The number of hydrogen-bond donors (Lipinski definition) is 2. The Morgan fingerprint density at radius 1 is 1.58 bits per heavy atom. The summed E-state index contributed by atoms with van der Waals surface area (Å²) in [4.78, 5) is 0. The third kappa shape index (κ3) is 1.54. The summed E-state index contributed by atoms with van der Waals surface area (Å²) >= 11 is 3.28. The predicted molar refractivity (Wildman–Crippen MR) is 51.0 cm³/mol. The van der Waals surface area contributed by atoms with Crippen molar-refractivity contribution in [3.05, 3.63) is 22.2 Å². The lowest BCUT2D eigenvalue weighted by Gasteiger charge is -2.09. The van der Waals surface area contributed by atoms with E-state index in [4.69, 9.17) is 15.6 Å². The van der Waals surface area contributed by atoms with Gasteiger partial charge in [-0.3, -0.25) is 0 Å². The molecule has 0 fully saturated rings. The van der Waals surface area contributed by atoms with E-state index in [0.29, 0.717) is 17.0 Å². The highest BCUT2D eigenvalue weighted by molar-refractivity contribution is 9.10. The minimum Gasteiger partial charge on any atom is -0.495 e. The number of benzene rings is 1. The quantitative estimate of drug-likeness (QED) is 0.760. The first-order valence-corrected chi connectivity index (χ1v) is 4.21. The zero-order chi connectivity index (χ0) is 9.14. The van der Waals surface area contributed by atoms with Crippen molar-refractivity contribution in [2.24, 2.45) is 0 Å². The van der Waals surface area contributed by atoms with Gasteiger partial charge in [0.2, 0.25) is 0 Å². The van der Waals surface area contributed by atoms with Gasteiger partial charge in [-0.25, -0.2) is 0 Å². The minimum atomic E-state index is -0.0936. The number of hydrogen-bond acceptors (Lipinski definition) is 3. The highest BCUT2D eigenvalue weighted by atomic mass is 79.9. The molecular formula is C8H10BrNO2. The number of halogens is 1. The smallest absolute Gasteiger partial charge is 0.142 e. The van der Waals surface area contributed by atoms with Gasteiger partial charge >= 0.3 is 0 Å². The van der Waals surface area contributed by atoms with Crippen LogP contribution in [-0.4, -0.2) is 12.2 Å². The van der Waals surface area contributed by atoms with Gasteiger partial charge in [-0.2, -0.15) is 0 Å². The van der Waals surface area contributed by atoms with Gasteiger partial charge in [0.05, 0.1) is 19.4 Å². The predicted octanol–water partition coefficient (Wildman–Crippen LogP) is 1.53. The summed E-state index contributed by atoms with van der Waals surface area (Å²) in [5.41, 5.74) is 6.83. The van der Waals surface area contributed by atoms with Crippen molar-refractivity contribution in [3.63, 3.8) is 0 Å². The van der Waals surface area contributed by atoms with Crippen LogP contribution in [0.1, 0.15) is 5.56 Å². The number of anilines is 1. The Morgan fingerprint density at radius 3 is 2.75 bits per heavy atom. The van der Waals surface area contributed by atoms with Gasteiger partial charge in [-0.1, -0.05) is 15.9 Å². The highest BCUT2D eigenvalue weighted by Gasteiger charge is 2.07. The molecule has 1 aromatic carbocycles. The maximum absolute atomic E-state index is 8.95. The second-order valence-corrected chi connectivity index (χ2v) is 3.15. The molecule has 0 spiro atoms. The molecule has 0 unspecified atom stereocenters. The van der Waals surface area contributed by atoms with Crippen LogP contribution in [0.25, 0.3) is 0 Å². The van der Waals surface area contributed by atoms with Gasteiger partial charge in [-0.15, -0.1) is 0 Å². The van der Waals surface area contributed by atoms with E-state index in [1.54, 1.807) is 19.2 Å². The van der Waals surface area contributed by atoms with Crippen molar-refractivity contribution in [1.82, 2.24) is 0 Å². The number of aliphatic hydroxyl groups excluding tert-OH is 1. The molecule has 3 N–H and O–H groups in total. The normalized spacial score (nSPS) is 9.92. The summed E-state index contributed by atoms with van der Waals surface area (Å²) in [5, 5.41) is 8.95. The van der Waals surface area contributed by atoms with Crippen LogP contribution in [0.3, 0.4) is 0 Å². The average molecular weight is 232 g/mol. The van der Waals surface area contributed by atoms with Crippen LogP contribution in [0.5, 0.6) is 5.75 Å². The van der Waals surface area contributed by atoms with E-state index < -0.39 is 0 Å². The fourth-order valence-corrected chi connectivity index (χ4v) is 1.43. The SMILES string of the molecule is COc1ccc(Br)c(CO)c1N. The van der Waals surface area contributed by atoms with Crippen molar-refractivity contribution in [2.45, 2.75) is 6.61 Å². The minimum absolute atomic E-state index is 0.0936. The molecule has 0 saturated carbocycles. The Bertz CT molecular complexity index is 289. The molecule has 0 aromatic heterocycles. The second-order valence-electron chi connectivity index (χ2n) is 2.30. The zero-order valence-electron chi connectivity index (χ0n) is 6.67. The van der Waals surface area contributed by atoms with Gasteiger partial charge in [0.1, 0.15) is 5.75 Å². The van der Waals surface area contributed by atoms with Gasteiger partial charge < -0.3 is 15.6 Å². The lowest BCUT2D eigenvalue weighted by atomic mass is 10.2. The number of aliphatic hydroxyl groups is 1. The summed E-state index contributed by atoms with van der Waals surface area (Å²) in [6.07, 6.45) is 0. The summed E-state index contributed by atoms with van der Waals surface area (Å²) < 4.78 is 5.78. The lowest BCUT2D eigenvalue weighted by molar-refractivity contribution is 0.281. The topological polar surface area (TPSA) is 55.5 Å². The van der Waals surface area contributed by atoms with E-state index in [9.17, 15) is 0 Å². The van der Waals surface area contributed by atoms with Crippen molar-refractivity contribution in [3.8, 4) is 5.75 Å². The first-order valence-electron chi connectivity index (χ1n) is 3.42. The molecule has 0 aliphatic rings. The number of methoxy groups -OCH3 is 1. The van der Waals surface area contributed by atoms with E-state index >= 15 is 0 Å². The lowest BCUT2D eigenvalue weighted by Crippen LogP contribution is -1.98. The van der Waals surface area contributed by atoms with E-state index in [2.05, 4.69) is 15.9 Å². The Labute approximate surface area is 79.3 Å². The van der Waals surface area contributed by atoms with Crippen molar-refractivity contribution in [2.75, 3.05) is 12.8 Å². The monoisotopic (exact) mass is 231 g/mol. The Hall–Kier alpha value is -0.740. The molecule has 1 aromatic rings. The fraction of sp³-hybridized carbons (Fsp3) is 0.250. The van der Waals surface area contributed by atoms with Crippen LogP contribution < -0.4 is 10.5 Å². The van der Waals surface area contributed by atoms with Gasteiger partial charge in [-0.05, 0) is 12.1 Å². The van der Waals surface area contributed by atoms with E-state index in [0.717, 1.165) is 4.47 Å². The van der Waals surface area contributed by atoms with Crippen LogP contribution in [0.2, 0.25) is 0 Å². The molecule has 0 atom stereocenters. The Morgan fingerprint density at radius 2 is 2.25 bits per heavy atom. The van der Waals surface area contributed by atoms with Crippen molar-refractivity contribution < 1.29 is 9.84 Å². The fourth-order valence-electron chi connectivity index (χ4n) is 0.955. The second kappa shape index (κ2) is 3.78. The molecule has 0 heterocycles. The van der Waals surface area contributed by atoms with E-state index in [-0.39, 0.29) is 6.61 Å². The van der Waals surface area contributed by atoms with Crippen molar-refractivity contribution >= 4 is 21.6 Å². The van der Waals surface area contributed by atoms with Gasteiger partial charge in [0.15, 0.2) is 0 Å². The molecule has 12 heavy (non-hydrogen) atoms. The summed E-state index contributed by atoms with van der Waals surface area (Å²) in [5.74, 6) is 0.585. The van der Waals surface area contributed by atoms with E-state index in [1.165, 1.54) is 0 Å². The number of nitrogens with two attached hydrogens (primary N) is 1. The molecule has 0 saturated heterocycles. The molecule has 4 heteroatoms. The summed E-state index contributed by atoms with van der Waals surface area (Å²) in [6.45, 7) is -0.0936. The largest absolute Gasteiger partial charge is 0.495 e. The molecule has 0 amide bonds. The number of rotatable bonds is 2. The maximum atomic E-state index is 8.95. The van der Waals surface area contributed by atoms with Gasteiger partial charge in [0.25, 0.3) is 0 Å². The molecule has 0 aliphatic carbocycles. The average Bonchev–Trinajstić information content (AvgIpc) is 2.06. The summed E-state index contributed by atoms with van der Waals surface area (Å²) in [6, 6.07) is 3.54. The third-order valence-corrected chi connectivity index (χ3v) is 2.38. The maximum Gasteiger partial charge on any atom is 0.142 e. The third-order valence-electron chi connectivity index (χ3n) is 1.64. The zero-order valence-corrected chi connectivity index (χ0v) is 8.26. The van der Waals surface area contributed by atoms with Crippen LogP contribution in [0, 0.1) is 0 Å². The molecule has 3 nitrogen and oxygen atoms in total. The molecule has 66 valence electrons. The summed E-state index contributed by atoms with van der Waals surface area (Å²) in [7, 11) is 1.54. The molecular weight excluding hydrogens is 222 g/mol. The molecule has 0 bridgehead atoms. The van der Waals surface area contributed by atoms with Crippen LogP contribution in [-0.2, 0) is 6.61 Å². The molecule has 0 aliphatic heterocycles. The van der Waals surface area contributed by atoms with Gasteiger partial charge in [0, 0.05) is 10.0 Å². The highest BCUT2D eigenvalue weighted by Crippen LogP contribution is 2.30. The number of ether oxygens (including phenoxy) is 1. The van der Waals surface area contributed by atoms with Crippen molar-refractivity contribution in [1.29, 1.82) is 0 Å². The standard InChI is InChI=1S/C8H10BrNO2/c1-12-7-3-2-6(9)5(4-11)8(7)10/h2-3,11H,4,10H2,1H3.